The molecule has 1 saturated heterocycles. The van der Waals surface area contributed by atoms with Gasteiger partial charge < -0.3 is 19.9 Å². The molecule has 168 valence electrons. The van der Waals surface area contributed by atoms with E-state index in [0.717, 1.165) is 30.7 Å². The number of likely N-dealkylation sites (N-methyl/N-ethyl adjacent to an activating group) is 1. The van der Waals surface area contributed by atoms with E-state index >= 15 is 0 Å². The quantitative estimate of drug-likeness (QED) is 0.467. The molecule has 0 bridgehead atoms. The number of hydrogen-bond acceptors (Lipinski definition) is 7. The van der Waals surface area contributed by atoms with Gasteiger partial charge in [0, 0.05) is 18.4 Å². The van der Waals surface area contributed by atoms with Crippen molar-refractivity contribution in [2.45, 2.75) is 19.3 Å². The molecule has 8 nitrogen and oxygen atoms in total. The lowest BCUT2D eigenvalue weighted by atomic mass is 9.98. The first-order valence-corrected chi connectivity index (χ1v) is 11.1. The lowest BCUT2D eigenvalue weighted by Crippen LogP contribution is -2.19. The van der Waals surface area contributed by atoms with Crippen LogP contribution >= 0.6 is 0 Å². The summed E-state index contributed by atoms with van der Waals surface area (Å²) in [4.78, 5) is 31.2. The first kappa shape index (κ1) is 21.1. The Morgan fingerprint density at radius 1 is 1.15 bits per heavy atom. The summed E-state index contributed by atoms with van der Waals surface area (Å²) >= 11 is 0. The van der Waals surface area contributed by atoms with Gasteiger partial charge in [-0.3, -0.25) is 9.78 Å². The maximum atomic E-state index is 12.6. The summed E-state index contributed by atoms with van der Waals surface area (Å²) in [5.41, 5.74) is 3.18. The Balaban J connectivity index is 1.50. The average Bonchev–Trinajstić information content (AvgIpc) is 3.34. The van der Waals surface area contributed by atoms with Gasteiger partial charge in [0.1, 0.15) is 11.5 Å². The van der Waals surface area contributed by atoms with Crippen LogP contribution in [0.25, 0.3) is 22.2 Å². The Labute approximate surface area is 191 Å². The van der Waals surface area contributed by atoms with Crippen molar-refractivity contribution in [2.24, 2.45) is 0 Å². The molecule has 0 radical (unpaired) electrons. The molecule has 1 unspecified atom stereocenters. The fraction of sp³-hybridized carbons (Fsp3) is 0.280. The first-order chi connectivity index (χ1) is 16.1. The lowest BCUT2D eigenvalue weighted by molar-refractivity contribution is 0.354. The third-order valence-electron chi connectivity index (χ3n) is 6.20. The SMILES string of the molecule is CCN1CCC(c2ccc(Nc3nc(-c4cncc(OC)n4)cc4cc[nH]c(=O)c34)cc2)C1. The van der Waals surface area contributed by atoms with Crippen LogP contribution in [0.4, 0.5) is 11.5 Å². The van der Waals surface area contributed by atoms with E-state index in [-0.39, 0.29) is 5.56 Å². The highest BCUT2D eigenvalue weighted by molar-refractivity contribution is 5.94. The minimum Gasteiger partial charge on any atom is -0.480 e. The monoisotopic (exact) mass is 442 g/mol. The molecule has 0 saturated carbocycles. The van der Waals surface area contributed by atoms with Crippen LogP contribution in [0.1, 0.15) is 24.8 Å². The molecule has 1 fully saturated rings. The van der Waals surface area contributed by atoms with Gasteiger partial charge >= 0.3 is 0 Å². The van der Waals surface area contributed by atoms with Crippen molar-refractivity contribution in [2.75, 3.05) is 32.1 Å². The van der Waals surface area contributed by atoms with Crippen molar-refractivity contribution >= 4 is 22.3 Å². The van der Waals surface area contributed by atoms with Crippen LogP contribution in [0.3, 0.4) is 0 Å². The van der Waals surface area contributed by atoms with Gasteiger partial charge in [-0.15, -0.1) is 0 Å². The molecule has 2 N–H and O–H groups in total. The Bertz CT molecular complexity index is 1340. The largest absolute Gasteiger partial charge is 0.480 e. The number of benzene rings is 1. The van der Waals surface area contributed by atoms with Crippen LogP contribution in [0.5, 0.6) is 5.88 Å². The number of pyridine rings is 2. The number of rotatable bonds is 6. The summed E-state index contributed by atoms with van der Waals surface area (Å²) in [7, 11) is 1.54. The van der Waals surface area contributed by atoms with E-state index in [1.807, 2.05) is 24.3 Å². The second-order valence-electron chi connectivity index (χ2n) is 8.20. The summed E-state index contributed by atoms with van der Waals surface area (Å²) < 4.78 is 5.20. The fourth-order valence-corrected chi connectivity index (χ4v) is 4.37. The predicted octanol–water partition coefficient (Wildman–Crippen LogP) is 3.94. The molecule has 0 aliphatic carbocycles. The molecule has 4 aromatic rings. The van der Waals surface area contributed by atoms with Gasteiger partial charge in [-0.05, 0) is 60.6 Å². The Morgan fingerprint density at radius 2 is 2.00 bits per heavy atom. The zero-order valence-corrected chi connectivity index (χ0v) is 18.7. The van der Waals surface area contributed by atoms with Gasteiger partial charge in [-0.1, -0.05) is 19.1 Å². The van der Waals surface area contributed by atoms with Crippen LogP contribution in [0, 0.1) is 0 Å². The highest BCUT2D eigenvalue weighted by Crippen LogP contribution is 2.30. The number of hydrogen-bond donors (Lipinski definition) is 2. The number of nitrogens with zero attached hydrogens (tertiary/aromatic N) is 4. The minimum absolute atomic E-state index is 0.201. The Hall–Kier alpha value is -3.78. The fourth-order valence-electron chi connectivity index (χ4n) is 4.37. The topological polar surface area (TPSA) is 96.0 Å². The highest BCUT2D eigenvalue weighted by atomic mass is 16.5. The molecule has 1 aliphatic heterocycles. The van der Waals surface area contributed by atoms with E-state index in [4.69, 9.17) is 9.72 Å². The van der Waals surface area contributed by atoms with E-state index in [2.05, 4.69) is 44.2 Å². The Morgan fingerprint density at radius 3 is 2.76 bits per heavy atom. The summed E-state index contributed by atoms with van der Waals surface area (Å²) in [6.07, 6.45) is 5.99. The summed E-state index contributed by atoms with van der Waals surface area (Å²) in [6, 6.07) is 12.1. The average molecular weight is 443 g/mol. The van der Waals surface area contributed by atoms with Crippen LogP contribution in [0.2, 0.25) is 0 Å². The molecular formula is C25H26N6O2. The van der Waals surface area contributed by atoms with Gasteiger partial charge in [0.25, 0.3) is 5.56 Å². The van der Waals surface area contributed by atoms with Crippen LogP contribution in [0.15, 0.2) is 59.8 Å². The molecule has 5 rings (SSSR count). The third kappa shape index (κ3) is 4.29. The molecule has 8 heteroatoms. The van der Waals surface area contributed by atoms with Crippen molar-refractivity contribution < 1.29 is 4.74 Å². The molecule has 1 aromatic carbocycles. The lowest BCUT2D eigenvalue weighted by Gasteiger charge is -2.15. The number of aromatic amines is 1. The number of fused-ring (bicyclic) bond motifs is 1. The molecule has 3 aromatic heterocycles. The van der Waals surface area contributed by atoms with Gasteiger partial charge in [0.15, 0.2) is 0 Å². The maximum absolute atomic E-state index is 12.6. The van der Waals surface area contributed by atoms with Crippen LogP contribution in [-0.4, -0.2) is 51.6 Å². The van der Waals surface area contributed by atoms with E-state index in [0.29, 0.717) is 34.4 Å². The number of methoxy groups -OCH3 is 1. The summed E-state index contributed by atoms with van der Waals surface area (Å²) in [6.45, 7) is 5.56. The zero-order valence-electron chi connectivity index (χ0n) is 18.7. The van der Waals surface area contributed by atoms with E-state index in [9.17, 15) is 4.79 Å². The smallest absolute Gasteiger partial charge is 0.259 e. The second-order valence-corrected chi connectivity index (χ2v) is 8.20. The molecule has 1 atom stereocenters. The second kappa shape index (κ2) is 8.99. The number of aromatic nitrogens is 4. The van der Waals surface area contributed by atoms with Gasteiger partial charge in [0.05, 0.1) is 30.6 Å². The molecule has 4 heterocycles. The van der Waals surface area contributed by atoms with Crippen molar-refractivity contribution in [3.63, 3.8) is 0 Å². The standard InChI is InChI=1S/C25H26N6O2/c1-3-31-11-9-18(15-31)16-4-6-19(7-5-16)28-24-23-17(8-10-27-25(23)32)12-20(30-24)21-13-26-14-22(29-21)33-2/h4-8,10,12-14,18H,3,9,11,15H2,1-2H3,(H,27,32)(H,28,30). The van der Waals surface area contributed by atoms with Gasteiger partial charge in [-0.25, -0.2) is 9.97 Å². The molecule has 33 heavy (non-hydrogen) atoms. The van der Waals surface area contributed by atoms with Gasteiger partial charge in [0.2, 0.25) is 5.88 Å². The third-order valence-corrected chi connectivity index (χ3v) is 6.20. The van der Waals surface area contributed by atoms with E-state index < -0.39 is 0 Å². The van der Waals surface area contributed by atoms with Crippen molar-refractivity contribution in [1.29, 1.82) is 0 Å². The molecule has 0 spiro atoms. The number of likely N-dealkylation sites (tertiary alicyclic amines) is 1. The highest BCUT2D eigenvalue weighted by Gasteiger charge is 2.22. The Kier molecular flexibility index (Phi) is 5.75. The van der Waals surface area contributed by atoms with Crippen LogP contribution in [-0.2, 0) is 0 Å². The number of ether oxygens (including phenoxy) is 1. The summed E-state index contributed by atoms with van der Waals surface area (Å²) in [5.74, 6) is 1.44. The summed E-state index contributed by atoms with van der Waals surface area (Å²) in [5, 5.41) is 4.60. The number of nitrogens with one attached hydrogen (secondary N) is 2. The molecular weight excluding hydrogens is 416 g/mol. The van der Waals surface area contributed by atoms with Crippen molar-refractivity contribution in [3.05, 3.63) is 70.9 Å². The predicted molar refractivity (Wildman–Crippen MR) is 129 cm³/mol. The molecule has 1 aliphatic rings. The van der Waals surface area contributed by atoms with Crippen molar-refractivity contribution in [3.8, 4) is 17.3 Å². The number of anilines is 2. The minimum atomic E-state index is -0.201. The van der Waals surface area contributed by atoms with E-state index in [1.165, 1.54) is 12.0 Å². The van der Waals surface area contributed by atoms with Gasteiger partial charge in [-0.2, -0.15) is 0 Å². The van der Waals surface area contributed by atoms with Crippen molar-refractivity contribution in [1.82, 2.24) is 24.8 Å². The maximum Gasteiger partial charge on any atom is 0.259 e. The van der Waals surface area contributed by atoms with Crippen LogP contribution < -0.4 is 15.6 Å². The molecule has 0 amide bonds. The normalized spacial score (nSPS) is 16.2. The zero-order chi connectivity index (χ0) is 22.8. The number of H-pyrrole nitrogens is 1. The van der Waals surface area contributed by atoms with E-state index in [1.54, 1.807) is 25.7 Å². The first-order valence-electron chi connectivity index (χ1n) is 11.1.